The number of halogens is 1. The summed E-state index contributed by atoms with van der Waals surface area (Å²) in [5, 5.41) is 5.08. The van der Waals surface area contributed by atoms with Gasteiger partial charge in [-0.15, -0.1) is 23.7 Å². The molecule has 0 spiro atoms. The molecule has 0 bridgehead atoms. The van der Waals surface area contributed by atoms with E-state index in [9.17, 15) is 13.2 Å². The minimum absolute atomic E-state index is 0. The fraction of sp³-hybridized carbons (Fsp3) is 0.706. The quantitative estimate of drug-likeness (QED) is 0.767. The highest BCUT2D eigenvalue weighted by atomic mass is 35.5. The van der Waals surface area contributed by atoms with Crippen molar-refractivity contribution >= 4 is 39.7 Å². The van der Waals surface area contributed by atoms with Gasteiger partial charge in [-0.05, 0) is 30.7 Å². The monoisotopic (exact) mass is 434 g/mol. The molecule has 3 fully saturated rings. The van der Waals surface area contributed by atoms with Crippen molar-refractivity contribution in [3.8, 4) is 0 Å². The third-order valence-electron chi connectivity index (χ3n) is 5.62. The zero-order chi connectivity index (χ0) is 18.1. The first-order chi connectivity index (χ1) is 12.6. The molecule has 4 heterocycles. The van der Waals surface area contributed by atoms with Crippen molar-refractivity contribution in [1.82, 2.24) is 19.4 Å². The van der Waals surface area contributed by atoms with Gasteiger partial charge in [0, 0.05) is 58.4 Å². The zero-order valence-corrected chi connectivity index (χ0v) is 17.8. The number of amides is 1. The molecule has 3 aliphatic rings. The fourth-order valence-corrected chi connectivity index (χ4v) is 7.02. The van der Waals surface area contributed by atoms with Crippen LogP contribution < -0.4 is 5.32 Å². The van der Waals surface area contributed by atoms with Crippen LogP contribution >= 0.6 is 23.7 Å². The molecule has 152 valence electrons. The van der Waals surface area contributed by atoms with Crippen LogP contribution in [-0.2, 0) is 10.0 Å². The lowest BCUT2D eigenvalue weighted by Gasteiger charge is -2.32. The van der Waals surface area contributed by atoms with Gasteiger partial charge in [0.2, 0.25) is 10.0 Å². The Labute approximate surface area is 171 Å². The van der Waals surface area contributed by atoms with E-state index in [4.69, 9.17) is 0 Å². The number of sulfonamides is 1. The van der Waals surface area contributed by atoms with E-state index in [2.05, 4.69) is 10.2 Å². The number of nitrogens with zero attached hydrogens (tertiary/aromatic N) is 3. The summed E-state index contributed by atoms with van der Waals surface area (Å²) in [4.78, 5) is 17.9. The van der Waals surface area contributed by atoms with E-state index in [0.717, 1.165) is 45.4 Å². The van der Waals surface area contributed by atoms with E-state index in [0.29, 0.717) is 37.1 Å². The zero-order valence-electron chi connectivity index (χ0n) is 15.3. The fourth-order valence-electron chi connectivity index (χ4n) is 4.14. The van der Waals surface area contributed by atoms with Crippen molar-refractivity contribution in [2.45, 2.75) is 30.2 Å². The van der Waals surface area contributed by atoms with Crippen molar-refractivity contribution in [2.24, 2.45) is 0 Å². The van der Waals surface area contributed by atoms with Crippen molar-refractivity contribution < 1.29 is 13.2 Å². The molecular formula is C17H27ClN4O3S2. The smallest absolute Gasteiger partial charge is 0.265 e. The molecular weight excluding hydrogens is 408 g/mol. The van der Waals surface area contributed by atoms with Crippen LogP contribution in [0.5, 0.6) is 0 Å². The van der Waals surface area contributed by atoms with Crippen LogP contribution in [0.1, 0.15) is 28.9 Å². The van der Waals surface area contributed by atoms with E-state index in [1.807, 2.05) is 4.90 Å². The number of hydrogen-bond donors (Lipinski definition) is 1. The van der Waals surface area contributed by atoms with Crippen molar-refractivity contribution in [2.75, 3.05) is 52.4 Å². The van der Waals surface area contributed by atoms with E-state index in [1.165, 1.54) is 15.6 Å². The maximum Gasteiger partial charge on any atom is 0.265 e. The number of rotatable bonds is 4. The predicted octanol–water partition coefficient (Wildman–Crippen LogP) is 1.07. The molecule has 4 rings (SSSR count). The van der Waals surface area contributed by atoms with E-state index in [-0.39, 0.29) is 23.2 Å². The molecule has 27 heavy (non-hydrogen) atoms. The Balaban J connectivity index is 0.00000210. The van der Waals surface area contributed by atoms with Crippen LogP contribution in [0.2, 0.25) is 0 Å². The Hall–Kier alpha value is -0.710. The Morgan fingerprint density at radius 2 is 1.81 bits per heavy atom. The van der Waals surface area contributed by atoms with Gasteiger partial charge in [-0.25, -0.2) is 8.42 Å². The molecule has 0 radical (unpaired) electrons. The Kier molecular flexibility index (Phi) is 6.81. The highest BCUT2D eigenvalue weighted by Crippen LogP contribution is 2.30. The van der Waals surface area contributed by atoms with Gasteiger partial charge in [0.05, 0.1) is 0 Å². The van der Waals surface area contributed by atoms with Crippen LogP contribution in [0.15, 0.2) is 16.3 Å². The molecule has 3 aliphatic heterocycles. The molecule has 1 unspecified atom stereocenters. The summed E-state index contributed by atoms with van der Waals surface area (Å²) in [6.07, 6.45) is 2.75. The number of likely N-dealkylation sites (tertiary alicyclic amines) is 1. The predicted molar refractivity (Wildman–Crippen MR) is 108 cm³/mol. The molecule has 1 N–H and O–H groups in total. The largest absolute Gasteiger partial charge is 0.336 e. The molecule has 3 saturated heterocycles. The van der Waals surface area contributed by atoms with Crippen LogP contribution in [0.3, 0.4) is 0 Å². The van der Waals surface area contributed by atoms with Crippen LogP contribution in [0.4, 0.5) is 0 Å². The first kappa shape index (κ1) is 21.0. The third-order valence-corrected chi connectivity index (χ3v) is 8.60. The molecule has 7 nitrogen and oxygen atoms in total. The van der Waals surface area contributed by atoms with Gasteiger partial charge in [0.15, 0.2) is 0 Å². The Morgan fingerprint density at radius 1 is 1.11 bits per heavy atom. The number of hydrogen-bond acceptors (Lipinski definition) is 6. The summed E-state index contributed by atoms with van der Waals surface area (Å²) in [5.41, 5.74) is 0. The first-order valence-electron chi connectivity index (χ1n) is 9.39. The molecule has 1 aromatic heterocycles. The van der Waals surface area contributed by atoms with E-state index >= 15 is 0 Å². The molecule has 0 saturated carbocycles. The highest BCUT2D eigenvalue weighted by molar-refractivity contribution is 7.89. The minimum atomic E-state index is -3.56. The van der Waals surface area contributed by atoms with Gasteiger partial charge in [-0.2, -0.15) is 4.31 Å². The second-order valence-electron chi connectivity index (χ2n) is 7.20. The van der Waals surface area contributed by atoms with E-state index in [1.54, 1.807) is 11.4 Å². The Morgan fingerprint density at radius 3 is 2.52 bits per heavy atom. The van der Waals surface area contributed by atoms with E-state index < -0.39 is 10.0 Å². The van der Waals surface area contributed by atoms with Crippen LogP contribution in [0.25, 0.3) is 0 Å². The SMILES string of the molecule is Cl.O=C(c1sccc1S(=O)(=O)N1CCCC1)N1CCC(N2CCNCC2)C1. The Bertz CT molecular complexity index is 758. The summed E-state index contributed by atoms with van der Waals surface area (Å²) >= 11 is 1.25. The average molecular weight is 435 g/mol. The summed E-state index contributed by atoms with van der Waals surface area (Å²) in [6.45, 7) is 6.53. The summed E-state index contributed by atoms with van der Waals surface area (Å²) in [5.74, 6) is -0.129. The van der Waals surface area contributed by atoms with Gasteiger partial charge in [0.25, 0.3) is 5.91 Å². The average Bonchev–Trinajstić information content (AvgIpc) is 3.43. The third kappa shape index (κ3) is 4.18. The molecule has 1 aromatic rings. The molecule has 0 aliphatic carbocycles. The second-order valence-corrected chi connectivity index (χ2v) is 10.0. The lowest BCUT2D eigenvalue weighted by atomic mass is 10.2. The lowest BCUT2D eigenvalue weighted by Crippen LogP contribution is -2.49. The van der Waals surface area contributed by atoms with Gasteiger partial charge >= 0.3 is 0 Å². The first-order valence-corrected chi connectivity index (χ1v) is 11.7. The number of nitrogens with one attached hydrogen (secondary N) is 1. The topological polar surface area (TPSA) is 73.0 Å². The highest BCUT2D eigenvalue weighted by Gasteiger charge is 2.36. The summed E-state index contributed by atoms with van der Waals surface area (Å²) in [7, 11) is -3.56. The minimum Gasteiger partial charge on any atom is -0.336 e. The lowest BCUT2D eigenvalue weighted by molar-refractivity contribution is 0.0774. The number of carbonyl (C=O) groups excluding carboxylic acids is 1. The molecule has 0 aromatic carbocycles. The standard InChI is InChI=1S/C17H26N4O3S2.ClH/c22-17(20-9-3-14(13-20)19-10-5-18-6-11-19)16-15(4-12-25-16)26(23,24)21-7-1-2-8-21;/h4,12,14,18H,1-3,5-11,13H2;1H. The summed E-state index contributed by atoms with van der Waals surface area (Å²) < 4.78 is 27.3. The van der Waals surface area contributed by atoms with Gasteiger partial charge in [-0.1, -0.05) is 0 Å². The second kappa shape index (κ2) is 8.75. The normalized spacial score (nSPS) is 24.9. The van der Waals surface area contributed by atoms with Crippen LogP contribution in [0, 0.1) is 0 Å². The molecule has 1 atom stereocenters. The maximum absolute atomic E-state index is 13.0. The van der Waals surface area contributed by atoms with Crippen molar-refractivity contribution in [3.05, 3.63) is 16.3 Å². The molecule has 1 amide bonds. The number of carbonyl (C=O) groups is 1. The molecule has 10 heteroatoms. The number of thiophene rings is 1. The van der Waals surface area contributed by atoms with Crippen molar-refractivity contribution in [1.29, 1.82) is 0 Å². The summed E-state index contributed by atoms with van der Waals surface area (Å²) in [6, 6.07) is 1.98. The van der Waals surface area contributed by atoms with Gasteiger partial charge < -0.3 is 10.2 Å². The number of piperazine rings is 1. The van der Waals surface area contributed by atoms with Gasteiger partial charge in [-0.3, -0.25) is 9.69 Å². The maximum atomic E-state index is 13.0. The van der Waals surface area contributed by atoms with Gasteiger partial charge in [0.1, 0.15) is 9.77 Å². The van der Waals surface area contributed by atoms with Crippen LogP contribution in [-0.4, -0.2) is 86.8 Å². The van der Waals surface area contributed by atoms with Crippen molar-refractivity contribution in [3.63, 3.8) is 0 Å².